The molecule has 26 heavy (non-hydrogen) atoms. The molecule has 1 amide bonds. The van der Waals surface area contributed by atoms with Crippen molar-refractivity contribution in [2.45, 2.75) is 18.7 Å². The summed E-state index contributed by atoms with van der Waals surface area (Å²) in [5.74, 6) is -0.446. The molecule has 8 heteroatoms. The van der Waals surface area contributed by atoms with Gasteiger partial charge in [-0.1, -0.05) is 17.7 Å². The smallest absolute Gasteiger partial charge is 0.274 e. The van der Waals surface area contributed by atoms with Gasteiger partial charge in [0.15, 0.2) is 21.2 Å². The van der Waals surface area contributed by atoms with Gasteiger partial charge in [0, 0.05) is 31.5 Å². The molecule has 0 unspecified atom stereocenters. The number of fused-ring (bicyclic) bond motifs is 1. The highest BCUT2D eigenvalue weighted by Crippen LogP contribution is 2.13. The van der Waals surface area contributed by atoms with Crippen molar-refractivity contribution in [2.75, 3.05) is 18.8 Å². The Bertz CT molecular complexity index is 993. The van der Waals surface area contributed by atoms with Crippen LogP contribution in [0.4, 0.5) is 0 Å². The number of amides is 1. The van der Waals surface area contributed by atoms with E-state index in [-0.39, 0.29) is 28.8 Å². The van der Waals surface area contributed by atoms with Crippen LogP contribution in [0.3, 0.4) is 0 Å². The summed E-state index contributed by atoms with van der Waals surface area (Å²) in [6, 6.07) is 10.0. The summed E-state index contributed by atoms with van der Waals surface area (Å²) in [5, 5.41) is 4.21. The van der Waals surface area contributed by atoms with Crippen LogP contribution in [0.1, 0.15) is 23.0 Å². The van der Waals surface area contributed by atoms with E-state index >= 15 is 0 Å². The fraction of sp³-hybridized carbons (Fsp3) is 0.278. The first-order valence-corrected chi connectivity index (χ1v) is 9.95. The van der Waals surface area contributed by atoms with Gasteiger partial charge in [-0.25, -0.2) is 17.9 Å². The van der Waals surface area contributed by atoms with E-state index in [9.17, 15) is 13.2 Å². The Morgan fingerprint density at radius 2 is 1.96 bits per heavy atom. The van der Waals surface area contributed by atoms with Crippen LogP contribution in [-0.4, -0.2) is 52.7 Å². The minimum absolute atomic E-state index is 0.104. The Balaban J connectivity index is 1.74. The molecule has 0 saturated heterocycles. The summed E-state index contributed by atoms with van der Waals surface area (Å²) in [7, 11) is -3.45. The third-order valence-corrected chi connectivity index (χ3v) is 5.84. The van der Waals surface area contributed by atoms with Crippen molar-refractivity contribution < 1.29 is 13.2 Å². The highest BCUT2D eigenvalue weighted by Gasteiger charge is 2.21. The number of aryl methyl sites for hydroxylation is 1. The minimum Gasteiger partial charge on any atom is -0.336 e. The van der Waals surface area contributed by atoms with Gasteiger partial charge in [0.1, 0.15) is 0 Å². The molecule has 0 N–H and O–H groups in total. The first-order valence-electron chi connectivity index (χ1n) is 8.30. The molecule has 0 spiro atoms. The number of rotatable bonds is 6. The number of sulfone groups is 1. The first kappa shape index (κ1) is 18.1. The molecule has 1 aromatic carbocycles. The Labute approximate surface area is 152 Å². The maximum atomic E-state index is 12.7. The van der Waals surface area contributed by atoms with E-state index in [0.29, 0.717) is 12.2 Å². The molecule has 0 saturated carbocycles. The first-order chi connectivity index (χ1) is 12.4. The van der Waals surface area contributed by atoms with Crippen molar-refractivity contribution in [3.05, 3.63) is 60.0 Å². The number of nitrogens with zero attached hydrogens (tertiary/aromatic N) is 4. The van der Waals surface area contributed by atoms with Crippen LogP contribution >= 0.6 is 0 Å². The lowest BCUT2D eigenvalue weighted by atomic mass is 10.2. The highest BCUT2D eigenvalue weighted by molar-refractivity contribution is 7.91. The van der Waals surface area contributed by atoms with E-state index in [1.54, 1.807) is 48.8 Å². The predicted molar refractivity (Wildman–Crippen MR) is 97.8 cm³/mol. The van der Waals surface area contributed by atoms with Crippen LogP contribution in [0.2, 0.25) is 0 Å². The summed E-state index contributed by atoms with van der Waals surface area (Å²) in [5.41, 5.74) is 1.81. The molecule has 0 radical (unpaired) electrons. The molecule has 136 valence electrons. The summed E-state index contributed by atoms with van der Waals surface area (Å²) < 4.78 is 26.5. The fourth-order valence-electron chi connectivity index (χ4n) is 2.59. The molecule has 2 heterocycles. The Morgan fingerprint density at radius 3 is 2.62 bits per heavy atom. The molecule has 0 aliphatic rings. The van der Waals surface area contributed by atoms with Crippen molar-refractivity contribution in [2.24, 2.45) is 0 Å². The number of hydrogen-bond acceptors (Lipinski definition) is 5. The van der Waals surface area contributed by atoms with Gasteiger partial charge in [-0.2, -0.15) is 5.10 Å². The molecule has 3 aromatic rings. The lowest BCUT2D eigenvalue weighted by Gasteiger charge is -2.19. The molecule has 7 nitrogen and oxygen atoms in total. The number of carbonyl (C=O) groups excluding carboxylic acids is 1. The van der Waals surface area contributed by atoms with E-state index in [4.69, 9.17) is 0 Å². The summed E-state index contributed by atoms with van der Waals surface area (Å²) in [6.45, 7) is 4.21. The molecule has 3 rings (SSSR count). The van der Waals surface area contributed by atoms with Gasteiger partial charge in [0.2, 0.25) is 0 Å². The second-order valence-electron chi connectivity index (χ2n) is 5.97. The van der Waals surface area contributed by atoms with E-state index in [1.807, 2.05) is 13.8 Å². The van der Waals surface area contributed by atoms with Gasteiger partial charge >= 0.3 is 0 Å². The standard InChI is InChI=1S/C18H20N4O3S/c1-3-21(11-12-26(24,25)15-7-5-14(2)6-8-15)18(23)16-13-17-19-9-4-10-22(17)20-16/h4-10,13H,3,11-12H2,1-2H3. The lowest BCUT2D eigenvalue weighted by Crippen LogP contribution is -2.35. The van der Waals surface area contributed by atoms with Crippen LogP contribution in [0.25, 0.3) is 5.65 Å². The van der Waals surface area contributed by atoms with Gasteiger partial charge in [-0.05, 0) is 32.0 Å². The van der Waals surface area contributed by atoms with Crippen molar-refractivity contribution in [3.63, 3.8) is 0 Å². The van der Waals surface area contributed by atoms with Gasteiger partial charge in [0.25, 0.3) is 5.91 Å². The zero-order valence-corrected chi connectivity index (χ0v) is 15.5. The molecule has 0 bridgehead atoms. The normalized spacial score (nSPS) is 11.6. The largest absolute Gasteiger partial charge is 0.336 e. The topological polar surface area (TPSA) is 84.6 Å². The molecule has 2 aromatic heterocycles. The SMILES string of the molecule is CCN(CCS(=O)(=O)c1ccc(C)cc1)C(=O)c1cc2ncccn2n1. The van der Waals surface area contributed by atoms with Gasteiger partial charge in [0.05, 0.1) is 10.6 Å². The van der Waals surface area contributed by atoms with Crippen molar-refractivity contribution in [3.8, 4) is 0 Å². The monoisotopic (exact) mass is 372 g/mol. The summed E-state index contributed by atoms with van der Waals surface area (Å²) >= 11 is 0. The minimum atomic E-state index is -3.45. The van der Waals surface area contributed by atoms with Gasteiger partial charge < -0.3 is 4.90 Å². The Morgan fingerprint density at radius 1 is 1.23 bits per heavy atom. The number of aromatic nitrogens is 3. The average Bonchev–Trinajstić information content (AvgIpc) is 3.06. The van der Waals surface area contributed by atoms with E-state index in [2.05, 4.69) is 10.1 Å². The van der Waals surface area contributed by atoms with Crippen LogP contribution < -0.4 is 0 Å². The second-order valence-corrected chi connectivity index (χ2v) is 8.08. The van der Waals surface area contributed by atoms with E-state index < -0.39 is 9.84 Å². The number of benzene rings is 1. The van der Waals surface area contributed by atoms with E-state index in [0.717, 1.165) is 5.56 Å². The maximum absolute atomic E-state index is 12.7. The highest BCUT2D eigenvalue weighted by atomic mass is 32.2. The van der Waals surface area contributed by atoms with Gasteiger partial charge in [-0.15, -0.1) is 0 Å². The quantitative estimate of drug-likeness (QED) is 0.660. The van der Waals surface area contributed by atoms with Crippen LogP contribution in [0.15, 0.2) is 53.7 Å². The van der Waals surface area contributed by atoms with E-state index in [1.165, 1.54) is 9.42 Å². The average molecular weight is 372 g/mol. The summed E-state index contributed by atoms with van der Waals surface area (Å²) in [4.78, 5) is 18.6. The van der Waals surface area contributed by atoms with Crippen LogP contribution in [-0.2, 0) is 9.84 Å². The molecular formula is C18H20N4O3S. The summed E-state index contributed by atoms with van der Waals surface area (Å²) in [6.07, 6.45) is 3.33. The van der Waals surface area contributed by atoms with Crippen molar-refractivity contribution >= 4 is 21.4 Å². The third kappa shape index (κ3) is 3.75. The lowest BCUT2D eigenvalue weighted by molar-refractivity contribution is 0.0768. The second kappa shape index (κ2) is 7.25. The van der Waals surface area contributed by atoms with Crippen molar-refractivity contribution in [1.29, 1.82) is 0 Å². The van der Waals surface area contributed by atoms with Gasteiger partial charge in [-0.3, -0.25) is 4.79 Å². The molecule has 0 aliphatic carbocycles. The van der Waals surface area contributed by atoms with Crippen LogP contribution in [0, 0.1) is 6.92 Å². The predicted octanol–water partition coefficient (Wildman–Crippen LogP) is 1.97. The number of carbonyl (C=O) groups is 1. The Hall–Kier alpha value is -2.74. The maximum Gasteiger partial charge on any atom is 0.274 e. The molecule has 0 aliphatic heterocycles. The molecule has 0 atom stereocenters. The fourth-order valence-corrected chi connectivity index (χ4v) is 3.84. The molecule has 0 fully saturated rings. The number of hydrogen-bond donors (Lipinski definition) is 0. The zero-order valence-electron chi connectivity index (χ0n) is 14.7. The molecular weight excluding hydrogens is 352 g/mol. The van der Waals surface area contributed by atoms with Crippen molar-refractivity contribution in [1.82, 2.24) is 19.5 Å². The Kier molecular flexibility index (Phi) is 5.03. The zero-order chi connectivity index (χ0) is 18.7. The van der Waals surface area contributed by atoms with Crippen LogP contribution in [0.5, 0.6) is 0 Å². The third-order valence-electron chi connectivity index (χ3n) is 4.13.